The molecule has 0 amide bonds. The third-order valence-electron chi connectivity index (χ3n) is 2.36. The lowest BCUT2D eigenvalue weighted by atomic mass is 10.3. The molecule has 0 unspecified atom stereocenters. The number of sulfonamides is 1. The second-order valence-electron chi connectivity index (χ2n) is 3.98. The fourth-order valence-corrected chi connectivity index (χ4v) is 3.34. The van der Waals surface area contributed by atoms with Crippen LogP contribution in [0.5, 0.6) is 5.75 Å². The van der Waals surface area contributed by atoms with E-state index >= 15 is 0 Å². The van der Waals surface area contributed by atoms with Crippen molar-refractivity contribution in [3.63, 3.8) is 0 Å². The molecule has 1 heterocycles. The first-order chi connectivity index (χ1) is 10.2. The molecule has 0 radical (unpaired) electrons. The molecule has 0 fully saturated rings. The van der Waals surface area contributed by atoms with Gasteiger partial charge >= 0.3 is 6.36 Å². The molecule has 22 heavy (non-hydrogen) atoms. The van der Waals surface area contributed by atoms with Gasteiger partial charge in [-0.05, 0) is 30.7 Å². The highest BCUT2D eigenvalue weighted by atomic mass is 32.2. The maximum Gasteiger partial charge on any atom is 0.573 e. The van der Waals surface area contributed by atoms with E-state index in [1.165, 1.54) is 0 Å². The van der Waals surface area contributed by atoms with Crippen LogP contribution in [0, 0.1) is 0 Å². The van der Waals surface area contributed by atoms with E-state index < -0.39 is 22.1 Å². The minimum Gasteiger partial charge on any atom is -0.406 e. The lowest BCUT2D eigenvalue weighted by molar-refractivity contribution is -0.274. The second-order valence-corrected chi connectivity index (χ2v) is 6.72. The number of hydrogen-bond donors (Lipinski definition) is 1. The topological polar surface area (TPSA) is 81.2 Å². The molecule has 2 aromatic rings. The fraction of sp³-hybridized carbons (Fsp3) is 0.273. The Bertz CT molecular complexity index is 742. The molecule has 0 aliphatic carbocycles. The smallest absolute Gasteiger partial charge is 0.406 e. The van der Waals surface area contributed by atoms with Crippen molar-refractivity contribution in [2.75, 3.05) is 4.72 Å². The zero-order chi connectivity index (χ0) is 16.4. The lowest BCUT2D eigenvalue weighted by Gasteiger charge is -2.09. The molecule has 0 bridgehead atoms. The van der Waals surface area contributed by atoms with Gasteiger partial charge in [-0.25, -0.2) is 8.42 Å². The van der Waals surface area contributed by atoms with Crippen molar-refractivity contribution in [2.45, 2.75) is 24.6 Å². The Labute approximate surface area is 128 Å². The van der Waals surface area contributed by atoms with Crippen LogP contribution in [-0.2, 0) is 16.4 Å². The van der Waals surface area contributed by atoms with Crippen molar-refractivity contribution in [3.8, 4) is 5.75 Å². The average Bonchev–Trinajstić information content (AvgIpc) is 2.84. The Hall–Kier alpha value is -1.88. The number of hydrogen-bond acceptors (Lipinski definition) is 6. The van der Waals surface area contributed by atoms with Crippen LogP contribution in [0.4, 0.5) is 18.3 Å². The number of anilines is 1. The van der Waals surface area contributed by atoms with Crippen LogP contribution in [0.15, 0.2) is 29.2 Å². The Morgan fingerprint density at radius 1 is 1.23 bits per heavy atom. The predicted molar refractivity (Wildman–Crippen MR) is 73.2 cm³/mol. The number of aryl methyl sites for hydroxylation is 1. The molecular weight excluding hydrogens is 343 g/mol. The van der Waals surface area contributed by atoms with Gasteiger partial charge in [-0.3, -0.25) is 4.72 Å². The molecule has 0 saturated heterocycles. The Morgan fingerprint density at radius 3 is 2.36 bits per heavy atom. The molecule has 120 valence electrons. The van der Waals surface area contributed by atoms with Gasteiger partial charge in [0.15, 0.2) is 0 Å². The number of benzene rings is 1. The first-order valence-corrected chi connectivity index (χ1v) is 8.20. The molecule has 0 aliphatic rings. The third-order valence-corrected chi connectivity index (χ3v) is 4.83. The van der Waals surface area contributed by atoms with E-state index in [0.717, 1.165) is 35.6 Å². The van der Waals surface area contributed by atoms with Gasteiger partial charge in [0.25, 0.3) is 10.0 Å². The van der Waals surface area contributed by atoms with Crippen LogP contribution in [-0.4, -0.2) is 25.0 Å². The molecule has 6 nitrogen and oxygen atoms in total. The number of alkyl halides is 3. The van der Waals surface area contributed by atoms with Crippen molar-refractivity contribution in [3.05, 3.63) is 29.3 Å². The van der Waals surface area contributed by atoms with Crippen LogP contribution < -0.4 is 9.46 Å². The van der Waals surface area contributed by atoms with E-state index in [-0.39, 0.29) is 10.0 Å². The summed E-state index contributed by atoms with van der Waals surface area (Å²) in [6, 6.07) is 3.84. The Morgan fingerprint density at radius 2 is 1.86 bits per heavy atom. The van der Waals surface area contributed by atoms with Crippen molar-refractivity contribution < 1.29 is 26.3 Å². The molecule has 1 aromatic heterocycles. The first-order valence-electron chi connectivity index (χ1n) is 5.90. The summed E-state index contributed by atoms with van der Waals surface area (Å²) >= 11 is 1.08. The summed E-state index contributed by atoms with van der Waals surface area (Å²) in [7, 11) is -3.95. The van der Waals surface area contributed by atoms with Gasteiger partial charge in [-0.15, -0.1) is 23.4 Å². The third kappa shape index (κ3) is 4.31. The lowest BCUT2D eigenvalue weighted by Crippen LogP contribution is -2.17. The summed E-state index contributed by atoms with van der Waals surface area (Å²) in [4.78, 5) is -0.213. The molecule has 0 atom stereocenters. The molecule has 11 heteroatoms. The normalized spacial score (nSPS) is 12.2. The number of halogens is 3. The zero-order valence-corrected chi connectivity index (χ0v) is 12.7. The minimum atomic E-state index is -4.83. The summed E-state index contributed by atoms with van der Waals surface area (Å²) in [5, 5.41) is 8.18. The number of rotatable bonds is 5. The van der Waals surface area contributed by atoms with E-state index in [1.807, 2.05) is 6.92 Å². The quantitative estimate of drug-likeness (QED) is 0.894. The average molecular weight is 353 g/mol. The molecule has 0 saturated carbocycles. The summed E-state index contributed by atoms with van der Waals surface area (Å²) in [6.45, 7) is 1.85. The molecule has 1 aromatic carbocycles. The Balaban J connectivity index is 2.15. The molecule has 1 N–H and O–H groups in total. The molecule has 0 aliphatic heterocycles. The summed E-state index contributed by atoms with van der Waals surface area (Å²) in [5.74, 6) is -0.504. The van der Waals surface area contributed by atoms with Gasteiger partial charge in [0, 0.05) is 0 Å². The number of ether oxygens (including phenoxy) is 1. The first kappa shape index (κ1) is 16.5. The van der Waals surface area contributed by atoms with Crippen LogP contribution in [0.3, 0.4) is 0 Å². The Kier molecular flexibility index (Phi) is 4.56. The summed E-state index contributed by atoms with van der Waals surface area (Å²) < 4.78 is 66.1. The maximum atomic E-state index is 12.1. The van der Waals surface area contributed by atoms with Gasteiger partial charge < -0.3 is 4.74 Å². The molecule has 2 rings (SSSR count). The van der Waals surface area contributed by atoms with Gasteiger partial charge in [0.05, 0.1) is 4.90 Å². The SMILES string of the molecule is CCc1nnc(NS(=O)(=O)c2ccc(OC(F)(F)F)cc2)s1. The monoisotopic (exact) mass is 353 g/mol. The highest BCUT2D eigenvalue weighted by Gasteiger charge is 2.31. The number of nitrogens with one attached hydrogen (secondary N) is 1. The summed E-state index contributed by atoms with van der Waals surface area (Å²) in [6.07, 6.45) is -4.22. The number of nitrogens with zero attached hydrogens (tertiary/aromatic N) is 2. The molecular formula is C11H10F3N3O3S2. The predicted octanol–water partition coefficient (Wildman–Crippen LogP) is 2.80. The van der Waals surface area contributed by atoms with Gasteiger partial charge in [-0.2, -0.15) is 0 Å². The highest BCUT2D eigenvalue weighted by molar-refractivity contribution is 7.93. The van der Waals surface area contributed by atoms with Crippen LogP contribution in [0.25, 0.3) is 0 Å². The van der Waals surface area contributed by atoms with Gasteiger partial charge in [0.2, 0.25) is 5.13 Å². The maximum absolute atomic E-state index is 12.1. The van der Waals surface area contributed by atoms with E-state index in [0.29, 0.717) is 11.4 Å². The van der Waals surface area contributed by atoms with Gasteiger partial charge in [0.1, 0.15) is 10.8 Å². The standard InChI is InChI=1S/C11H10F3N3O3S2/c1-2-9-15-16-10(21-9)17-22(18,19)8-5-3-7(4-6-8)20-11(12,13)14/h3-6H,2H2,1H3,(H,16,17). The highest BCUT2D eigenvalue weighted by Crippen LogP contribution is 2.25. The van der Waals surface area contributed by atoms with E-state index in [2.05, 4.69) is 19.7 Å². The van der Waals surface area contributed by atoms with E-state index in [1.54, 1.807) is 0 Å². The number of aromatic nitrogens is 2. The summed E-state index contributed by atoms with van der Waals surface area (Å²) in [5.41, 5.74) is 0. The van der Waals surface area contributed by atoms with Crippen LogP contribution in [0.2, 0.25) is 0 Å². The van der Waals surface area contributed by atoms with E-state index in [9.17, 15) is 21.6 Å². The van der Waals surface area contributed by atoms with Crippen LogP contribution in [0.1, 0.15) is 11.9 Å². The molecule has 0 spiro atoms. The van der Waals surface area contributed by atoms with Gasteiger partial charge in [-0.1, -0.05) is 18.3 Å². The minimum absolute atomic E-state index is 0.0902. The fourth-order valence-electron chi connectivity index (χ4n) is 1.43. The van der Waals surface area contributed by atoms with Crippen molar-refractivity contribution in [1.82, 2.24) is 10.2 Å². The van der Waals surface area contributed by atoms with Crippen LogP contribution >= 0.6 is 11.3 Å². The largest absolute Gasteiger partial charge is 0.573 e. The van der Waals surface area contributed by atoms with Crippen molar-refractivity contribution in [2.24, 2.45) is 0 Å². The second kappa shape index (κ2) is 6.08. The zero-order valence-electron chi connectivity index (χ0n) is 11.1. The van der Waals surface area contributed by atoms with Crippen molar-refractivity contribution >= 4 is 26.5 Å². The van der Waals surface area contributed by atoms with E-state index in [4.69, 9.17) is 0 Å². The van der Waals surface area contributed by atoms with Crippen molar-refractivity contribution in [1.29, 1.82) is 0 Å².